The van der Waals surface area contributed by atoms with E-state index in [4.69, 9.17) is 16.3 Å². The van der Waals surface area contributed by atoms with Crippen LogP contribution in [0.4, 0.5) is 0 Å². The van der Waals surface area contributed by atoms with Crippen molar-refractivity contribution in [3.63, 3.8) is 0 Å². The predicted molar refractivity (Wildman–Crippen MR) is 130 cm³/mol. The van der Waals surface area contributed by atoms with Crippen molar-refractivity contribution in [1.29, 1.82) is 0 Å². The van der Waals surface area contributed by atoms with Crippen molar-refractivity contribution in [3.8, 4) is 5.75 Å². The number of sulfonamides is 1. The number of nitrogens with zero attached hydrogens (tertiary/aromatic N) is 1. The Kier molecular flexibility index (Phi) is 7.52. The maximum atomic E-state index is 13.6. The quantitative estimate of drug-likeness (QED) is 0.600. The molecule has 1 aliphatic carbocycles. The summed E-state index contributed by atoms with van der Waals surface area (Å²) in [6.07, 6.45) is 4.38. The van der Waals surface area contributed by atoms with Gasteiger partial charge in [0.25, 0.3) is 0 Å². The van der Waals surface area contributed by atoms with Gasteiger partial charge in [-0.1, -0.05) is 36.6 Å². The molecule has 1 saturated heterocycles. The fraction of sp³-hybridized carbons (Fsp3) is 0.480. The lowest BCUT2D eigenvalue weighted by Crippen LogP contribution is -2.58. The highest BCUT2D eigenvalue weighted by Crippen LogP contribution is 2.40. The van der Waals surface area contributed by atoms with E-state index in [2.05, 4.69) is 4.72 Å². The number of hydrogen-bond acceptors (Lipinski definition) is 5. The number of halogens is 1. The number of piperidine rings is 1. The number of hydrogen-bond donors (Lipinski definition) is 2. The van der Waals surface area contributed by atoms with Gasteiger partial charge in [0.05, 0.1) is 17.6 Å². The van der Waals surface area contributed by atoms with Gasteiger partial charge in [-0.3, -0.25) is 4.79 Å². The highest BCUT2D eigenvalue weighted by molar-refractivity contribution is 7.89. The topological polar surface area (TPSA) is 95.9 Å². The van der Waals surface area contributed by atoms with Crippen LogP contribution in [0.2, 0.25) is 5.02 Å². The van der Waals surface area contributed by atoms with Crippen molar-refractivity contribution < 1.29 is 23.1 Å². The Morgan fingerprint density at radius 3 is 2.56 bits per heavy atom. The molecule has 9 heteroatoms. The van der Waals surface area contributed by atoms with Gasteiger partial charge in [-0.05, 0) is 67.6 Å². The van der Waals surface area contributed by atoms with E-state index in [0.717, 1.165) is 31.2 Å². The molecule has 7 nitrogen and oxygen atoms in total. The van der Waals surface area contributed by atoms with Crippen LogP contribution in [0.5, 0.6) is 5.75 Å². The number of carbonyl (C=O) groups excluding carboxylic acids is 1. The molecule has 2 fully saturated rings. The first kappa shape index (κ1) is 25.0. The number of carbonyl (C=O) groups is 1. The minimum atomic E-state index is -3.96. The van der Waals surface area contributed by atoms with E-state index in [0.29, 0.717) is 30.3 Å². The largest absolute Gasteiger partial charge is 0.497 e. The number of nitrogens with one attached hydrogen (secondary N) is 1. The minimum Gasteiger partial charge on any atom is -0.497 e. The number of methoxy groups -OCH3 is 1. The van der Waals surface area contributed by atoms with Crippen molar-refractivity contribution in [1.82, 2.24) is 9.62 Å². The van der Waals surface area contributed by atoms with Crippen LogP contribution in [-0.2, 0) is 21.2 Å². The molecule has 0 aromatic heterocycles. The van der Waals surface area contributed by atoms with Gasteiger partial charge in [-0.15, -0.1) is 0 Å². The molecule has 1 amide bonds. The molecule has 1 aliphatic heterocycles. The Morgan fingerprint density at radius 2 is 1.88 bits per heavy atom. The molecule has 1 saturated carbocycles. The summed E-state index contributed by atoms with van der Waals surface area (Å²) in [6.45, 7) is 0.851. The summed E-state index contributed by atoms with van der Waals surface area (Å²) in [4.78, 5) is 15.4. The third kappa shape index (κ3) is 5.57. The second-order valence-corrected chi connectivity index (χ2v) is 11.4. The number of amides is 1. The first-order valence-electron chi connectivity index (χ1n) is 11.6. The number of likely N-dealkylation sites (tertiary alicyclic amines) is 1. The van der Waals surface area contributed by atoms with E-state index >= 15 is 0 Å². The molecule has 4 rings (SSSR count). The first-order valence-corrected chi connectivity index (χ1v) is 13.5. The zero-order chi connectivity index (χ0) is 24.3. The van der Waals surface area contributed by atoms with E-state index in [-0.39, 0.29) is 23.1 Å². The normalized spacial score (nSPS) is 23.7. The molecular formula is C25H31ClN2O5S. The van der Waals surface area contributed by atoms with Gasteiger partial charge >= 0.3 is 0 Å². The molecule has 2 aliphatic rings. The molecule has 0 bridgehead atoms. The van der Waals surface area contributed by atoms with Gasteiger partial charge in [0, 0.05) is 24.0 Å². The van der Waals surface area contributed by atoms with Crippen molar-refractivity contribution in [2.75, 3.05) is 20.2 Å². The van der Waals surface area contributed by atoms with Crippen LogP contribution in [0.3, 0.4) is 0 Å². The monoisotopic (exact) mass is 506 g/mol. The maximum Gasteiger partial charge on any atom is 0.241 e. The summed E-state index contributed by atoms with van der Waals surface area (Å²) < 4.78 is 34.1. The van der Waals surface area contributed by atoms with E-state index in [9.17, 15) is 18.3 Å². The maximum absolute atomic E-state index is 13.6. The number of rotatable bonds is 7. The molecular weight excluding hydrogens is 476 g/mol. The Balaban J connectivity index is 1.57. The third-order valence-corrected chi connectivity index (χ3v) is 8.80. The van der Waals surface area contributed by atoms with E-state index in [1.54, 1.807) is 41.3 Å². The predicted octanol–water partition coefficient (Wildman–Crippen LogP) is 3.39. The van der Waals surface area contributed by atoms with Gasteiger partial charge in [-0.25, -0.2) is 8.42 Å². The average molecular weight is 507 g/mol. The summed E-state index contributed by atoms with van der Waals surface area (Å²) in [5, 5.41) is 11.6. The second-order valence-electron chi connectivity index (χ2n) is 9.26. The molecule has 184 valence electrons. The Hall–Kier alpha value is -2.13. The lowest BCUT2D eigenvalue weighted by molar-refractivity contribution is -0.145. The van der Waals surface area contributed by atoms with Crippen molar-refractivity contribution in [2.24, 2.45) is 5.92 Å². The minimum absolute atomic E-state index is 0.0216. The van der Waals surface area contributed by atoms with Crippen molar-refractivity contribution in [3.05, 3.63) is 59.1 Å². The van der Waals surface area contributed by atoms with Crippen LogP contribution in [0, 0.1) is 5.92 Å². The van der Waals surface area contributed by atoms with Crippen molar-refractivity contribution in [2.45, 2.75) is 55.1 Å². The van der Waals surface area contributed by atoms with E-state index in [1.165, 1.54) is 19.2 Å². The SMILES string of the molecule is COc1ccc(S(=O)(=O)NC(Cc2ccc(Cl)cc2)C(=O)N2CC[C@@]3(O)CCCCC3C2)cc1. The van der Waals surface area contributed by atoms with E-state index < -0.39 is 21.7 Å². The summed E-state index contributed by atoms with van der Waals surface area (Å²) in [7, 11) is -2.45. The number of fused-ring (bicyclic) bond motifs is 1. The van der Waals surface area contributed by atoms with Gasteiger partial charge in [0.2, 0.25) is 15.9 Å². The summed E-state index contributed by atoms with van der Waals surface area (Å²) in [5.41, 5.74) is 0.0786. The molecule has 2 unspecified atom stereocenters. The lowest BCUT2D eigenvalue weighted by atomic mass is 9.71. The standard InChI is InChI=1S/C25H31ClN2O5S/c1-33-21-9-11-22(12-10-21)34(31,32)27-23(16-18-5-7-20(26)8-6-18)24(29)28-15-14-25(30)13-3-2-4-19(25)17-28/h5-12,19,23,27,30H,2-4,13-17H2,1H3/t19?,23?,25-/m0/s1. The highest BCUT2D eigenvalue weighted by Gasteiger charge is 2.44. The number of benzene rings is 2. The average Bonchev–Trinajstić information content (AvgIpc) is 2.84. The summed E-state index contributed by atoms with van der Waals surface area (Å²) in [6, 6.07) is 12.1. The van der Waals surface area contributed by atoms with Gasteiger partial charge in [0.1, 0.15) is 11.8 Å². The molecule has 2 aromatic carbocycles. The van der Waals surface area contributed by atoms with Crippen LogP contribution in [0.15, 0.2) is 53.4 Å². The summed E-state index contributed by atoms with van der Waals surface area (Å²) in [5.74, 6) is 0.286. The first-order chi connectivity index (χ1) is 16.2. The number of aliphatic hydroxyl groups is 1. The Bertz CT molecular complexity index is 1110. The van der Waals surface area contributed by atoms with Gasteiger partial charge in [-0.2, -0.15) is 4.72 Å². The zero-order valence-corrected chi connectivity index (χ0v) is 20.8. The van der Waals surface area contributed by atoms with Crippen LogP contribution in [0.25, 0.3) is 0 Å². The molecule has 2 N–H and O–H groups in total. The van der Waals surface area contributed by atoms with Crippen LogP contribution < -0.4 is 9.46 Å². The molecule has 3 atom stereocenters. The summed E-state index contributed by atoms with van der Waals surface area (Å²) >= 11 is 6.00. The Morgan fingerprint density at radius 1 is 1.18 bits per heavy atom. The smallest absolute Gasteiger partial charge is 0.241 e. The Labute approximate surface area is 206 Å². The van der Waals surface area contributed by atoms with Crippen molar-refractivity contribution >= 4 is 27.5 Å². The third-order valence-electron chi connectivity index (χ3n) is 7.06. The van der Waals surface area contributed by atoms with Crippen LogP contribution in [-0.4, -0.2) is 56.2 Å². The highest BCUT2D eigenvalue weighted by atomic mass is 35.5. The molecule has 0 radical (unpaired) electrons. The molecule has 0 spiro atoms. The lowest BCUT2D eigenvalue weighted by Gasteiger charge is -2.48. The molecule has 2 aromatic rings. The number of ether oxygens (including phenoxy) is 1. The second kappa shape index (κ2) is 10.2. The van der Waals surface area contributed by atoms with Gasteiger partial charge in [0.15, 0.2) is 0 Å². The zero-order valence-electron chi connectivity index (χ0n) is 19.2. The molecule has 34 heavy (non-hydrogen) atoms. The van der Waals surface area contributed by atoms with Gasteiger partial charge < -0.3 is 14.7 Å². The van der Waals surface area contributed by atoms with E-state index in [1.807, 2.05) is 0 Å². The molecule has 1 heterocycles. The fourth-order valence-corrected chi connectivity index (χ4v) is 6.35. The van der Waals surface area contributed by atoms with Crippen LogP contribution >= 0.6 is 11.6 Å². The fourth-order valence-electron chi connectivity index (χ4n) is 5.04. The van der Waals surface area contributed by atoms with Crippen LogP contribution in [0.1, 0.15) is 37.7 Å².